The van der Waals surface area contributed by atoms with Crippen LogP contribution >= 0.6 is 0 Å². The van der Waals surface area contributed by atoms with Crippen molar-refractivity contribution in [2.45, 2.75) is 0 Å². The van der Waals surface area contributed by atoms with Gasteiger partial charge in [0.05, 0.1) is 20.5 Å². The summed E-state index contributed by atoms with van der Waals surface area (Å²) in [4.78, 5) is 18.9. The van der Waals surface area contributed by atoms with E-state index in [0.29, 0.717) is 4.31 Å². The van der Waals surface area contributed by atoms with Crippen LogP contribution in [0.2, 0.25) is 0 Å². The van der Waals surface area contributed by atoms with Crippen molar-refractivity contribution in [2.75, 3.05) is 43.8 Å². The number of ether oxygens (including phenoxy) is 2. The number of hydrogen-bond acceptors (Lipinski definition) is 7. The fourth-order valence-electron chi connectivity index (χ4n) is 2.31. The highest BCUT2D eigenvalue weighted by Crippen LogP contribution is 2.32. The Bertz CT molecular complexity index is 912. The second-order valence-corrected chi connectivity index (χ2v) is 7.49. The van der Waals surface area contributed by atoms with Crippen LogP contribution < -0.4 is 18.7 Å². The molecule has 1 aromatic heterocycles. The minimum Gasteiger partial charge on any atom is -0.481 e. The number of nitrogens with zero attached hydrogens (tertiary/aromatic N) is 3. The summed E-state index contributed by atoms with van der Waals surface area (Å²) < 4.78 is 35.6. The normalized spacial score (nSPS) is 11.0. The Balaban J connectivity index is 2.60. The highest BCUT2D eigenvalue weighted by molar-refractivity contribution is 7.92. The fourth-order valence-corrected chi connectivity index (χ4v) is 3.21. The van der Waals surface area contributed by atoms with Crippen LogP contribution in [0.4, 0.5) is 11.4 Å². The summed E-state index contributed by atoms with van der Waals surface area (Å²) >= 11 is 0. The number of hydrogen-bond donors (Lipinski definition) is 0. The van der Waals surface area contributed by atoms with Crippen LogP contribution in [-0.2, 0) is 10.0 Å². The molecule has 2 rings (SSSR count). The minimum atomic E-state index is -3.94. The van der Waals surface area contributed by atoms with Crippen molar-refractivity contribution in [1.82, 2.24) is 4.98 Å². The van der Waals surface area contributed by atoms with E-state index in [0.717, 1.165) is 11.9 Å². The first-order valence-electron chi connectivity index (χ1n) is 7.60. The van der Waals surface area contributed by atoms with E-state index in [2.05, 4.69) is 4.98 Å². The third kappa shape index (κ3) is 4.05. The smallest absolute Gasteiger partial charge is 0.272 e. The number of aromatic nitrogens is 1. The van der Waals surface area contributed by atoms with Crippen molar-refractivity contribution in [2.24, 2.45) is 0 Å². The topological polar surface area (TPSA) is 89.0 Å². The Morgan fingerprint density at radius 1 is 1.08 bits per heavy atom. The molecule has 0 bridgehead atoms. The van der Waals surface area contributed by atoms with Crippen LogP contribution in [-0.4, -0.2) is 53.9 Å². The van der Waals surface area contributed by atoms with Gasteiger partial charge in [-0.3, -0.25) is 4.79 Å². The van der Waals surface area contributed by atoms with Crippen molar-refractivity contribution < 1.29 is 22.7 Å². The zero-order valence-electron chi connectivity index (χ0n) is 15.3. The molecule has 0 atom stereocenters. The first kappa shape index (κ1) is 19.5. The molecule has 0 spiro atoms. The second-order valence-electron chi connectivity index (χ2n) is 5.66. The number of anilines is 2. The molecule has 0 unspecified atom stereocenters. The number of pyridine rings is 1. The van der Waals surface area contributed by atoms with Gasteiger partial charge in [-0.05, 0) is 24.3 Å². The molecule has 0 saturated carbocycles. The molecule has 0 saturated heterocycles. The first-order chi connectivity index (χ1) is 12.2. The van der Waals surface area contributed by atoms with Crippen molar-refractivity contribution in [3.8, 4) is 11.8 Å². The van der Waals surface area contributed by atoms with Crippen LogP contribution in [0.5, 0.6) is 11.8 Å². The van der Waals surface area contributed by atoms with E-state index in [1.807, 2.05) is 25.1 Å². The SMILES string of the molecule is COc1ccc(N(C(=O)c2cccc(N(C)C)c2)S(C)(=O)=O)c(OC)n1. The number of rotatable bonds is 6. The van der Waals surface area contributed by atoms with Gasteiger partial charge >= 0.3 is 0 Å². The maximum absolute atomic E-state index is 13.0. The van der Waals surface area contributed by atoms with Crippen LogP contribution in [0, 0.1) is 0 Å². The summed E-state index contributed by atoms with van der Waals surface area (Å²) in [6, 6.07) is 9.55. The molecular weight excluding hydrogens is 358 g/mol. The van der Waals surface area contributed by atoms with Crippen molar-refractivity contribution >= 4 is 27.3 Å². The molecule has 0 fully saturated rings. The van der Waals surface area contributed by atoms with Gasteiger partial charge in [0, 0.05) is 31.4 Å². The number of benzene rings is 1. The van der Waals surface area contributed by atoms with E-state index in [1.165, 1.54) is 26.4 Å². The Labute approximate surface area is 153 Å². The van der Waals surface area contributed by atoms with Gasteiger partial charge < -0.3 is 14.4 Å². The molecule has 140 valence electrons. The average Bonchev–Trinajstić information content (AvgIpc) is 2.60. The Morgan fingerprint density at radius 2 is 1.77 bits per heavy atom. The molecule has 1 amide bonds. The lowest BCUT2D eigenvalue weighted by Gasteiger charge is -2.22. The number of carbonyl (C=O) groups is 1. The number of amides is 1. The lowest BCUT2D eigenvalue weighted by atomic mass is 10.1. The Morgan fingerprint density at radius 3 is 2.31 bits per heavy atom. The molecule has 1 aromatic carbocycles. The third-order valence-electron chi connectivity index (χ3n) is 3.56. The van der Waals surface area contributed by atoms with Gasteiger partial charge in [0.1, 0.15) is 5.69 Å². The van der Waals surface area contributed by atoms with Crippen LogP contribution in [0.1, 0.15) is 10.4 Å². The van der Waals surface area contributed by atoms with Crippen molar-refractivity contribution in [1.29, 1.82) is 0 Å². The first-order valence-corrected chi connectivity index (χ1v) is 9.45. The highest BCUT2D eigenvalue weighted by atomic mass is 32.2. The molecule has 9 heteroatoms. The Hall–Kier alpha value is -2.81. The van der Waals surface area contributed by atoms with Crippen LogP contribution in [0.15, 0.2) is 36.4 Å². The highest BCUT2D eigenvalue weighted by Gasteiger charge is 2.30. The summed E-state index contributed by atoms with van der Waals surface area (Å²) in [5.41, 5.74) is 1.000. The summed E-state index contributed by atoms with van der Waals surface area (Å²) in [7, 11) is 2.47. The maximum atomic E-state index is 13.0. The molecule has 2 aromatic rings. The van der Waals surface area contributed by atoms with Crippen LogP contribution in [0.3, 0.4) is 0 Å². The van der Waals surface area contributed by atoms with Gasteiger partial charge in [-0.25, -0.2) is 8.42 Å². The van der Waals surface area contributed by atoms with Crippen LogP contribution in [0.25, 0.3) is 0 Å². The average molecular weight is 379 g/mol. The molecule has 0 aliphatic rings. The largest absolute Gasteiger partial charge is 0.481 e. The second kappa shape index (κ2) is 7.61. The quantitative estimate of drug-likeness (QED) is 0.756. The molecular formula is C17H21N3O5S. The molecule has 0 N–H and O–H groups in total. The van der Waals surface area contributed by atoms with Gasteiger partial charge in [0.15, 0.2) is 0 Å². The molecule has 8 nitrogen and oxygen atoms in total. The minimum absolute atomic E-state index is 0.0102. The number of methoxy groups -OCH3 is 2. The van der Waals surface area contributed by atoms with E-state index in [1.54, 1.807) is 18.2 Å². The predicted octanol–water partition coefficient (Wildman–Crippen LogP) is 1.77. The zero-order chi connectivity index (χ0) is 19.5. The van der Waals surface area contributed by atoms with E-state index in [-0.39, 0.29) is 23.0 Å². The predicted molar refractivity (Wildman–Crippen MR) is 99.8 cm³/mol. The lowest BCUT2D eigenvalue weighted by molar-refractivity contribution is 0.100. The zero-order valence-corrected chi connectivity index (χ0v) is 16.1. The molecule has 0 aliphatic heterocycles. The fraction of sp³-hybridized carbons (Fsp3) is 0.294. The summed E-state index contributed by atoms with van der Waals surface area (Å²) in [6.07, 6.45) is 0.949. The molecule has 0 radical (unpaired) electrons. The van der Waals surface area contributed by atoms with E-state index < -0.39 is 15.9 Å². The van der Waals surface area contributed by atoms with E-state index in [4.69, 9.17) is 9.47 Å². The van der Waals surface area contributed by atoms with E-state index in [9.17, 15) is 13.2 Å². The van der Waals surface area contributed by atoms with Gasteiger partial charge in [-0.15, -0.1) is 0 Å². The summed E-state index contributed by atoms with van der Waals surface area (Å²) in [5, 5.41) is 0. The standard InChI is InChI=1S/C17H21N3O5S/c1-19(2)13-8-6-7-12(11-13)17(21)20(26(5,22)23)14-9-10-15(24-3)18-16(14)25-4/h6-11H,1-5H3. The monoisotopic (exact) mass is 379 g/mol. The number of carbonyl (C=O) groups excluding carboxylic acids is 1. The summed E-state index contributed by atoms with van der Waals surface area (Å²) in [5.74, 6) is -0.505. The van der Waals surface area contributed by atoms with Gasteiger partial charge in [-0.2, -0.15) is 9.29 Å². The summed E-state index contributed by atoms with van der Waals surface area (Å²) in [6.45, 7) is 0. The maximum Gasteiger partial charge on any atom is 0.272 e. The van der Waals surface area contributed by atoms with Gasteiger partial charge in [0.2, 0.25) is 21.8 Å². The molecule has 1 heterocycles. The molecule has 26 heavy (non-hydrogen) atoms. The van der Waals surface area contributed by atoms with Gasteiger partial charge in [0.25, 0.3) is 5.91 Å². The van der Waals surface area contributed by atoms with Crippen molar-refractivity contribution in [3.05, 3.63) is 42.0 Å². The lowest BCUT2D eigenvalue weighted by Crippen LogP contribution is -2.36. The van der Waals surface area contributed by atoms with E-state index >= 15 is 0 Å². The molecule has 0 aliphatic carbocycles. The van der Waals surface area contributed by atoms with Gasteiger partial charge in [-0.1, -0.05) is 6.07 Å². The third-order valence-corrected chi connectivity index (χ3v) is 4.59. The number of sulfonamides is 1. The van der Waals surface area contributed by atoms with Crippen molar-refractivity contribution in [3.63, 3.8) is 0 Å². The Kier molecular flexibility index (Phi) is 5.71.